The number of H-pyrrole nitrogens is 1. The quantitative estimate of drug-likeness (QED) is 0.292. The number of anilines is 1. The zero-order valence-corrected chi connectivity index (χ0v) is 21.7. The lowest BCUT2D eigenvalue weighted by Crippen LogP contribution is -2.43. The average molecular weight is 533 g/mol. The van der Waals surface area contributed by atoms with Crippen molar-refractivity contribution in [3.63, 3.8) is 0 Å². The minimum absolute atomic E-state index is 0.0991. The normalized spacial score (nSPS) is 14.8. The van der Waals surface area contributed by atoms with Crippen LogP contribution < -0.4 is 10.9 Å². The fourth-order valence-corrected chi connectivity index (χ4v) is 5.11. The molecule has 1 aromatic heterocycles. The van der Waals surface area contributed by atoms with Crippen molar-refractivity contribution in [2.75, 3.05) is 11.9 Å². The van der Waals surface area contributed by atoms with Crippen LogP contribution in [-0.4, -0.2) is 39.3 Å². The molecule has 0 radical (unpaired) electrons. The van der Waals surface area contributed by atoms with Crippen LogP contribution in [-0.2, 0) is 16.1 Å². The summed E-state index contributed by atoms with van der Waals surface area (Å²) in [5.41, 5.74) is 4.81. The molecule has 0 aliphatic carbocycles. The highest BCUT2D eigenvalue weighted by Gasteiger charge is 2.35. The molecule has 0 unspecified atom stereocenters. The van der Waals surface area contributed by atoms with Crippen molar-refractivity contribution in [3.05, 3.63) is 119 Å². The summed E-state index contributed by atoms with van der Waals surface area (Å²) < 4.78 is 7.00. The van der Waals surface area contributed by atoms with Gasteiger partial charge in [0.2, 0.25) is 5.91 Å². The van der Waals surface area contributed by atoms with Crippen molar-refractivity contribution >= 4 is 28.6 Å². The number of carbonyl (C=O) groups excluding carboxylic acids is 2. The smallest absolute Gasteiger partial charge is 0.410 e. The number of hydrogen-bond acceptors (Lipinski definition) is 4. The number of benzene rings is 4. The molecule has 2 N–H and O–H groups in total. The molecule has 5 aromatic rings. The fourth-order valence-electron chi connectivity index (χ4n) is 5.11. The van der Waals surface area contributed by atoms with Crippen LogP contribution in [0.15, 0.2) is 108 Å². The summed E-state index contributed by atoms with van der Waals surface area (Å²) in [5.74, 6) is -0.236. The number of likely N-dealkylation sites (tertiary alicyclic amines) is 1. The zero-order chi connectivity index (χ0) is 27.5. The van der Waals surface area contributed by atoms with Crippen LogP contribution in [0.2, 0.25) is 0 Å². The molecule has 200 valence electrons. The van der Waals surface area contributed by atoms with Crippen LogP contribution in [0, 0.1) is 0 Å². The molecule has 8 nitrogen and oxygen atoms in total. The van der Waals surface area contributed by atoms with Gasteiger partial charge in [0.05, 0.1) is 16.6 Å². The Morgan fingerprint density at radius 2 is 1.65 bits per heavy atom. The van der Waals surface area contributed by atoms with E-state index in [1.165, 1.54) is 9.58 Å². The van der Waals surface area contributed by atoms with Crippen LogP contribution in [0.5, 0.6) is 0 Å². The van der Waals surface area contributed by atoms with E-state index in [2.05, 4.69) is 10.4 Å². The number of nitrogens with one attached hydrogen (secondary N) is 2. The molecule has 8 heteroatoms. The van der Waals surface area contributed by atoms with E-state index in [0.29, 0.717) is 24.0 Å². The van der Waals surface area contributed by atoms with E-state index < -0.39 is 12.1 Å². The highest BCUT2D eigenvalue weighted by molar-refractivity contribution is 5.97. The van der Waals surface area contributed by atoms with Crippen molar-refractivity contribution in [2.24, 2.45) is 0 Å². The summed E-state index contributed by atoms with van der Waals surface area (Å²) >= 11 is 0. The van der Waals surface area contributed by atoms with Gasteiger partial charge in [-0.15, -0.1) is 0 Å². The molecule has 1 fully saturated rings. The summed E-state index contributed by atoms with van der Waals surface area (Å²) in [6.07, 6.45) is 0.842. The molecular formula is C32H28N4O4. The van der Waals surface area contributed by atoms with Crippen LogP contribution in [0.3, 0.4) is 0 Å². The lowest BCUT2D eigenvalue weighted by molar-refractivity contribution is -0.120. The van der Waals surface area contributed by atoms with Crippen LogP contribution >= 0.6 is 0 Å². The molecule has 0 bridgehead atoms. The number of para-hydroxylation sites is 1. The molecule has 1 aliphatic heterocycles. The van der Waals surface area contributed by atoms with Crippen molar-refractivity contribution < 1.29 is 14.3 Å². The van der Waals surface area contributed by atoms with Gasteiger partial charge >= 0.3 is 6.09 Å². The molecule has 6 rings (SSSR count). The third-order valence-electron chi connectivity index (χ3n) is 7.18. The Kier molecular flexibility index (Phi) is 6.89. The third kappa shape index (κ3) is 5.11. The van der Waals surface area contributed by atoms with Crippen molar-refractivity contribution in [1.29, 1.82) is 0 Å². The van der Waals surface area contributed by atoms with Gasteiger partial charge < -0.3 is 10.1 Å². The lowest BCUT2D eigenvalue weighted by atomic mass is 10.0. The number of carbonyl (C=O) groups is 2. The number of rotatable bonds is 6. The molecule has 1 aliphatic rings. The van der Waals surface area contributed by atoms with Gasteiger partial charge in [0.15, 0.2) is 0 Å². The first-order valence-electron chi connectivity index (χ1n) is 13.3. The van der Waals surface area contributed by atoms with Gasteiger partial charge in [-0.1, -0.05) is 66.7 Å². The molecule has 0 saturated carbocycles. The Hall–Kier alpha value is -5.11. The van der Waals surface area contributed by atoms with E-state index >= 15 is 0 Å². The van der Waals surface area contributed by atoms with Crippen LogP contribution in [0.4, 0.5) is 10.5 Å². The minimum atomic E-state index is -0.583. The van der Waals surface area contributed by atoms with Gasteiger partial charge in [-0.2, -0.15) is 0 Å². The molecule has 40 heavy (non-hydrogen) atoms. The van der Waals surface area contributed by atoms with Crippen LogP contribution in [0.25, 0.3) is 27.7 Å². The Morgan fingerprint density at radius 3 is 2.45 bits per heavy atom. The van der Waals surface area contributed by atoms with Crippen LogP contribution in [0.1, 0.15) is 18.4 Å². The first kappa shape index (κ1) is 25.2. The highest BCUT2D eigenvalue weighted by Crippen LogP contribution is 2.26. The zero-order valence-electron chi connectivity index (χ0n) is 21.7. The van der Waals surface area contributed by atoms with Gasteiger partial charge in [0, 0.05) is 12.2 Å². The predicted molar refractivity (Wildman–Crippen MR) is 154 cm³/mol. The number of hydrogen-bond donors (Lipinski definition) is 2. The lowest BCUT2D eigenvalue weighted by Gasteiger charge is -2.23. The van der Waals surface area contributed by atoms with Gasteiger partial charge in [-0.3, -0.25) is 19.6 Å². The van der Waals surface area contributed by atoms with Gasteiger partial charge in [-0.05, 0) is 65.9 Å². The third-order valence-corrected chi connectivity index (χ3v) is 7.18. The minimum Gasteiger partial charge on any atom is -0.445 e. The predicted octanol–water partition coefficient (Wildman–Crippen LogP) is 5.73. The van der Waals surface area contributed by atoms with E-state index in [0.717, 1.165) is 34.3 Å². The number of nitrogens with zero attached hydrogens (tertiary/aromatic N) is 2. The van der Waals surface area contributed by atoms with E-state index in [1.54, 1.807) is 6.07 Å². The highest BCUT2D eigenvalue weighted by atomic mass is 16.6. The largest absolute Gasteiger partial charge is 0.445 e. The maximum absolute atomic E-state index is 13.2. The molecular weight excluding hydrogens is 504 g/mol. The Labute approximate surface area is 230 Å². The van der Waals surface area contributed by atoms with Gasteiger partial charge in [0.25, 0.3) is 5.56 Å². The summed E-state index contributed by atoms with van der Waals surface area (Å²) in [7, 11) is 0. The molecule has 4 aromatic carbocycles. The molecule has 1 atom stereocenters. The Balaban J connectivity index is 1.13. The summed E-state index contributed by atoms with van der Waals surface area (Å²) in [6.45, 7) is 0.651. The standard InChI is InChI=1S/C32H28N4O4/c37-30(29-14-7-19-35(29)32(39)40-21-22-8-2-1-3-9-22)33-25-11-6-10-24(20-25)23-15-17-26(18-16-23)36-31(38)27-12-4-5-13-28(27)34-36/h1-6,8-13,15-18,20,29,34H,7,14,19,21H2,(H,33,37)/t29-/m0/s1. The number of aromatic amines is 1. The molecule has 2 heterocycles. The van der Waals surface area contributed by atoms with Gasteiger partial charge in [-0.25, -0.2) is 9.48 Å². The van der Waals surface area contributed by atoms with Gasteiger partial charge in [0.1, 0.15) is 12.6 Å². The summed E-state index contributed by atoms with van der Waals surface area (Å²) in [5, 5.41) is 6.76. The number of fused-ring (bicyclic) bond motifs is 1. The first-order chi connectivity index (χ1) is 19.6. The number of amides is 2. The van der Waals surface area contributed by atoms with Crippen molar-refractivity contribution in [1.82, 2.24) is 14.7 Å². The average Bonchev–Trinajstić information content (AvgIpc) is 3.62. The second kappa shape index (κ2) is 10.9. The monoisotopic (exact) mass is 532 g/mol. The number of aromatic nitrogens is 2. The second-order valence-corrected chi connectivity index (χ2v) is 9.81. The SMILES string of the molecule is O=C(Nc1cccc(-c2ccc(-n3[nH]c4ccccc4c3=O)cc2)c1)[C@@H]1CCCN1C(=O)OCc1ccccc1. The maximum atomic E-state index is 13.2. The fraction of sp³-hybridized carbons (Fsp3) is 0.156. The van der Waals surface area contributed by atoms with E-state index in [1.807, 2.05) is 97.1 Å². The first-order valence-corrected chi connectivity index (χ1v) is 13.3. The Bertz CT molecular complexity index is 1720. The Morgan fingerprint density at radius 1 is 0.875 bits per heavy atom. The summed E-state index contributed by atoms with van der Waals surface area (Å²) in [6, 6.07) is 31.5. The van der Waals surface area contributed by atoms with Crippen molar-refractivity contribution in [2.45, 2.75) is 25.5 Å². The van der Waals surface area contributed by atoms with E-state index in [-0.39, 0.29) is 18.1 Å². The molecule has 2 amide bonds. The molecule has 1 saturated heterocycles. The van der Waals surface area contributed by atoms with Crippen molar-refractivity contribution in [3.8, 4) is 16.8 Å². The van der Waals surface area contributed by atoms with E-state index in [9.17, 15) is 14.4 Å². The van der Waals surface area contributed by atoms with E-state index in [4.69, 9.17) is 4.74 Å². The topological polar surface area (TPSA) is 96.4 Å². The maximum Gasteiger partial charge on any atom is 0.410 e. The molecule has 0 spiro atoms. The summed E-state index contributed by atoms with van der Waals surface area (Å²) in [4.78, 5) is 40.2. The second-order valence-electron chi connectivity index (χ2n) is 9.81. The number of ether oxygens (including phenoxy) is 1.